The molecular formula is C20H21N3OS. The van der Waals surface area contributed by atoms with E-state index < -0.39 is 0 Å². The largest absolute Gasteiger partial charge is 0.342 e. The van der Waals surface area contributed by atoms with Crippen molar-refractivity contribution >= 4 is 17.2 Å². The molecular weight excluding hydrogens is 330 g/mol. The smallest absolute Gasteiger partial charge is 0.227 e. The van der Waals surface area contributed by atoms with Crippen LogP contribution in [0, 0.1) is 0 Å². The highest BCUT2D eigenvalue weighted by molar-refractivity contribution is 7.10. The van der Waals surface area contributed by atoms with Crippen LogP contribution >= 0.6 is 11.3 Å². The Morgan fingerprint density at radius 3 is 2.92 bits per heavy atom. The van der Waals surface area contributed by atoms with E-state index in [0.29, 0.717) is 12.3 Å². The van der Waals surface area contributed by atoms with Crippen molar-refractivity contribution in [2.24, 2.45) is 0 Å². The van der Waals surface area contributed by atoms with E-state index in [2.05, 4.69) is 22.3 Å². The number of hydrogen-bond acceptors (Lipinski definition) is 3. The van der Waals surface area contributed by atoms with Crippen LogP contribution in [0.25, 0.3) is 11.1 Å². The summed E-state index contributed by atoms with van der Waals surface area (Å²) in [6, 6.07) is 14.4. The third kappa shape index (κ3) is 3.51. The van der Waals surface area contributed by atoms with Crippen LogP contribution in [0.4, 0.5) is 0 Å². The predicted octanol–water partition coefficient (Wildman–Crippen LogP) is 4.09. The highest BCUT2D eigenvalue weighted by Gasteiger charge is 2.27. The molecule has 1 aliphatic heterocycles. The number of nitrogens with one attached hydrogen (secondary N) is 1. The van der Waals surface area contributed by atoms with Crippen LogP contribution in [0.2, 0.25) is 0 Å². The molecule has 128 valence electrons. The van der Waals surface area contributed by atoms with Gasteiger partial charge in [-0.15, -0.1) is 11.3 Å². The maximum Gasteiger partial charge on any atom is 0.227 e. The summed E-state index contributed by atoms with van der Waals surface area (Å²) in [4.78, 5) is 15.8. The monoisotopic (exact) mass is 351 g/mol. The molecule has 5 heteroatoms. The molecule has 1 saturated heterocycles. The molecule has 0 spiro atoms. The fourth-order valence-corrected chi connectivity index (χ4v) is 4.26. The number of piperidine rings is 1. The van der Waals surface area contributed by atoms with Gasteiger partial charge in [-0.1, -0.05) is 36.4 Å². The Balaban J connectivity index is 1.50. The van der Waals surface area contributed by atoms with Crippen molar-refractivity contribution in [2.75, 3.05) is 13.1 Å². The third-order valence-corrected chi connectivity index (χ3v) is 5.72. The van der Waals surface area contributed by atoms with Crippen molar-refractivity contribution in [2.45, 2.75) is 25.2 Å². The molecule has 4 nitrogen and oxygen atoms in total. The lowest BCUT2D eigenvalue weighted by atomic mass is 9.90. The van der Waals surface area contributed by atoms with Crippen LogP contribution < -0.4 is 0 Å². The molecule has 3 aromatic rings. The van der Waals surface area contributed by atoms with E-state index in [-0.39, 0.29) is 5.91 Å². The number of likely N-dealkylation sites (tertiary alicyclic amines) is 1. The van der Waals surface area contributed by atoms with Gasteiger partial charge >= 0.3 is 0 Å². The van der Waals surface area contributed by atoms with Gasteiger partial charge in [0.2, 0.25) is 5.91 Å². The number of thiophene rings is 1. The lowest BCUT2D eigenvalue weighted by molar-refractivity contribution is -0.131. The van der Waals surface area contributed by atoms with E-state index in [1.807, 2.05) is 46.8 Å². The Morgan fingerprint density at radius 2 is 2.12 bits per heavy atom. The molecule has 0 aliphatic carbocycles. The van der Waals surface area contributed by atoms with E-state index in [0.717, 1.165) is 42.1 Å². The van der Waals surface area contributed by atoms with E-state index in [1.54, 1.807) is 11.3 Å². The highest BCUT2D eigenvalue weighted by Crippen LogP contribution is 2.33. The first-order valence-corrected chi connectivity index (χ1v) is 9.58. The SMILES string of the molecule is O=C(Cc1cccs1)N1CCC[C@H](c2[nH]ncc2-c2ccccc2)C1. The normalized spacial score (nSPS) is 17.6. The molecule has 2 aromatic heterocycles. The first-order chi connectivity index (χ1) is 12.3. The second-order valence-electron chi connectivity index (χ2n) is 6.50. The van der Waals surface area contributed by atoms with Gasteiger partial charge in [0.25, 0.3) is 0 Å². The number of H-pyrrole nitrogens is 1. The fourth-order valence-electron chi connectivity index (χ4n) is 3.57. The Labute approximate surface area is 151 Å². The van der Waals surface area contributed by atoms with E-state index in [9.17, 15) is 4.79 Å². The Kier molecular flexibility index (Phi) is 4.65. The molecule has 0 saturated carbocycles. The molecule has 1 aliphatic rings. The minimum atomic E-state index is 0.230. The van der Waals surface area contributed by atoms with Crippen LogP contribution in [0.5, 0.6) is 0 Å². The maximum atomic E-state index is 12.6. The summed E-state index contributed by atoms with van der Waals surface area (Å²) in [7, 11) is 0. The first-order valence-electron chi connectivity index (χ1n) is 8.70. The first kappa shape index (κ1) is 16.1. The summed E-state index contributed by atoms with van der Waals surface area (Å²) < 4.78 is 0. The quantitative estimate of drug-likeness (QED) is 0.770. The summed E-state index contributed by atoms with van der Waals surface area (Å²) in [6.45, 7) is 1.63. The topological polar surface area (TPSA) is 49.0 Å². The van der Waals surface area contributed by atoms with Crippen LogP contribution in [-0.4, -0.2) is 34.1 Å². The molecule has 1 aromatic carbocycles. The average Bonchev–Trinajstić information content (AvgIpc) is 3.34. The number of aromatic amines is 1. The van der Waals surface area contributed by atoms with Crippen molar-refractivity contribution in [3.63, 3.8) is 0 Å². The minimum absolute atomic E-state index is 0.230. The maximum absolute atomic E-state index is 12.6. The van der Waals surface area contributed by atoms with Crippen molar-refractivity contribution in [3.05, 3.63) is 64.6 Å². The average molecular weight is 351 g/mol. The number of carbonyl (C=O) groups is 1. The van der Waals surface area contributed by atoms with Crippen molar-refractivity contribution in [1.82, 2.24) is 15.1 Å². The molecule has 1 atom stereocenters. The lowest BCUT2D eigenvalue weighted by Gasteiger charge is -2.32. The Morgan fingerprint density at radius 1 is 1.24 bits per heavy atom. The van der Waals surface area contributed by atoms with Gasteiger partial charge in [0.15, 0.2) is 0 Å². The number of rotatable bonds is 4. The fraction of sp³-hybridized carbons (Fsp3) is 0.300. The number of carbonyl (C=O) groups excluding carboxylic acids is 1. The molecule has 0 unspecified atom stereocenters. The number of aromatic nitrogens is 2. The Hall–Kier alpha value is -2.40. The second kappa shape index (κ2) is 7.23. The zero-order valence-electron chi connectivity index (χ0n) is 14.0. The van der Waals surface area contributed by atoms with Gasteiger partial charge < -0.3 is 4.90 Å². The van der Waals surface area contributed by atoms with Gasteiger partial charge in [0.1, 0.15) is 0 Å². The molecule has 4 rings (SSSR count). The predicted molar refractivity (Wildman–Crippen MR) is 101 cm³/mol. The van der Waals surface area contributed by atoms with Gasteiger partial charge in [0, 0.05) is 35.1 Å². The molecule has 0 radical (unpaired) electrons. The Bertz CT molecular complexity index is 826. The number of hydrogen-bond donors (Lipinski definition) is 1. The van der Waals surface area contributed by atoms with Crippen LogP contribution in [0.1, 0.15) is 29.3 Å². The summed E-state index contributed by atoms with van der Waals surface area (Å²) in [5.41, 5.74) is 3.48. The third-order valence-electron chi connectivity index (χ3n) is 4.84. The zero-order chi connectivity index (χ0) is 17.1. The van der Waals surface area contributed by atoms with Gasteiger partial charge in [-0.2, -0.15) is 5.10 Å². The number of benzene rings is 1. The van der Waals surface area contributed by atoms with Crippen LogP contribution in [0.15, 0.2) is 54.0 Å². The van der Waals surface area contributed by atoms with Gasteiger partial charge in [-0.05, 0) is 29.9 Å². The van der Waals surface area contributed by atoms with Gasteiger partial charge in [-0.3, -0.25) is 9.89 Å². The van der Waals surface area contributed by atoms with E-state index >= 15 is 0 Å². The highest BCUT2D eigenvalue weighted by atomic mass is 32.1. The molecule has 25 heavy (non-hydrogen) atoms. The zero-order valence-corrected chi connectivity index (χ0v) is 14.8. The van der Waals surface area contributed by atoms with Crippen molar-refractivity contribution in [3.8, 4) is 11.1 Å². The van der Waals surface area contributed by atoms with Crippen molar-refractivity contribution in [1.29, 1.82) is 0 Å². The van der Waals surface area contributed by atoms with Gasteiger partial charge in [0.05, 0.1) is 12.6 Å². The molecule has 1 fully saturated rings. The van der Waals surface area contributed by atoms with Crippen LogP contribution in [0.3, 0.4) is 0 Å². The van der Waals surface area contributed by atoms with Crippen LogP contribution in [-0.2, 0) is 11.2 Å². The second-order valence-corrected chi connectivity index (χ2v) is 7.53. The summed E-state index contributed by atoms with van der Waals surface area (Å²) in [6.07, 6.45) is 4.54. The minimum Gasteiger partial charge on any atom is -0.342 e. The molecule has 1 N–H and O–H groups in total. The van der Waals surface area contributed by atoms with E-state index in [1.165, 1.54) is 5.56 Å². The molecule has 3 heterocycles. The lowest BCUT2D eigenvalue weighted by Crippen LogP contribution is -2.40. The number of nitrogens with zero attached hydrogens (tertiary/aromatic N) is 2. The molecule has 0 bridgehead atoms. The van der Waals surface area contributed by atoms with Crippen molar-refractivity contribution < 1.29 is 4.79 Å². The van der Waals surface area contributed by atoms with E-state index in [4.69, 9.17) is 0 Å². The molecule has 1 amide bonds. The van der Waals surface area contributed by atoms with Gasteiger partial charge in [-0.25, -0.2) is 0 Å². The summed E-state index contributed by atoms with van der Waals surface area (Å²) in [5.74, 6) is 0.548. The summed E-state index contributed by atoms with van der Waals surface area (Å²) >= 11 is 1.65. The standard InChI is InChI=1S/C20H21N3OS/c24-19(12-17-9-5-11-25-17)23-10-4-8-16(14-23)20-18(13-21-22-20)15-6-2-1-3-7-15/h1-3,5-7,9,11,13,16H,4,8,10,12,14H2,(H,21,22)/t16-/m0/s1. The number of amides is 1. The summed E-state index contributed by atoms with van der Waals surface area (Å²) in [5, 5.41) is 9.50.